The van der Waals surface area contributed by atoms with E-state index in [0.717, 1.165) is 0 Å². The molecule has 0 bridgehead atoms. The lowest BCUT2D eigenvalue weighted by atomic mass is 10.1. The van der Waals surface area contributed by atoms with Crippen LogP contribution in [0, 0.1) is 10.1 Å². The maximum absolute atomic E-state index is 12.4. The Labute approximate surface area is 116 Å². The average Bonchev–Trinajstić information content (AvgIpc) is 2.39. The van der Waals surface area contributed by atoms with Gasteiger partial charge in [-0.2, -0.15) is 0 Å². The SMILES string of the molecule is O=c1c2cc(O)ccc2[nH]c2c([N+](=O)[O-])ccc(Cl)c12. The molecule has 0 amide bonds. The molecule has 0 spiro atoms. The fourth-order valence-corrected chi connectivity index (χ4v) is 2.41. The minimum Gasteiger partial charge on any atom is -0.508 e. The maximum Gasteiger partial charge on any atom is 0.293 e. The van der Waals surface area contributed by atoms with Gasteiger partial charge in [-0.15, -0.1) is 0 Å². The van der Waals surface area contributed by atoms with Gasteiger partial charge in [0.15, 0.2) is 5.43 Å². The normalized spacial score (nSPS) is 11.1. The Kier molecular flexibility index (Phi) is 2.62. The molecule has 0 fully saturated rings. The van der Waals surface area contributed by atoms with E-state index in [-0.39, 0.29) is 32.7 Å². The number of H-pyrrole nitrogens is 1. The molecule has 3 aromatic rings. The second-order valence-electron chi connectivity index (χ2n) is 4.26. The van der Waals surface area contributed by atoms with Crippen LogP contribution in [0.25, 0.3) is 21.8 Å². The molecule has 2 aromatic carbocycles. The molecule has 0 atom stereocenters. The summed E-state index contributed by atoms with van der Waals surface area (Å²) < 4.78 is 0. The van der Waals surface area contributed by atoms with Gasteiger partial charge in [0.05, 0.1) is 20.8 Å². The van der Waals surface area contributed by atoms with Crippen molar-refractivity contribution in [3.63, 3.8) is 0 Å². The second kappa shape index (κ2) is 4.21. The van der Waals surface area contributed by atoms with Gasteiger partial charge >= 0.3 is 0 Å². The zero-order valence-corrected chi connectivity index (χ0v) is 10.6. The summed E-state index contributed by atoms with van der Waals surface area (Å²) in [5.41, 5.74) is -0.216. The third kappa shape index (κ3) is 1.70. The van der Waals surface area contributed by atoms with Gasteiger partial charge in [0.2, 0.25) is 0 Å². The fourth-order valence-electron chi connectivity index (χ4n) is 2.17. The monoisotopic (exact) mass is 290 g/mol. The van der Waals surface area contributed by atoms with Crippen LogP contribution in [0.15, 0.2) is 35.1 Å². The van der Waals surface area contributed by atoms with Gasteiger partial charge < -0.3 is 10.1 Å². The predicted molar refractivity (Wildman–Crippen MR) is 75.4 cm³/mol. The van der Waals surface area contributed by atoms with Crippen LogP contribution in [0.2, 0.25) is 5.02 Å². The Morgan fingerprint density at radius 3 is 2.70 bits per heavy atom. The van der Waals surface area contributed by atoms with E-state index in [9.17, 15) is 20.0 Å². The number of halogens is 1. The first-order valence-corrected chi connectivity index (χ1v) is 5.98. The van der Waals surface area contributed by atoms with Crippen molar-refractivity contribution in [1.82, 2.24) is 4.98 Å². The number of nitrogens with zero attached hydrogens (tertiary/aromatic N) is 1. The molecule has 6 nitrogen and oxygen atoms in total. The average molecular weight is 291 g/mol. The molecule has 0 aliphatic rings. The summed E-state index contributed by atoms with van der Waals surface area (Å²) in [6, 6.07) is 6.72. The van der Waals surface area contributed by atoms with E-state index in [1.165, 1.54) is 30.3 Å². The summed E-state index contributed by atoms with van der Waals surface area (Å²) in [7, 11) is 0. The quantitative estimate of drug-likeness (QED) is 0.409. The molecule has 0 unspecified atom stereocenters. The first kappa shape index (κ1) is 12.4. The third-order valence-corrected chi connectivity index (χ3v) is 3.38. The number of aromatic hydroxyl groups is 1. The molecular formula is C13H7ClN2O4. The van der Waals surface area contributed by atoms with E-state index in [1.807, 2.05) is 0 Å². The predicted octanol–water partition coefficient (Wildman–Crippen LogP) is 2.95. The van der Waals surface area contributed by atoms with Crippen molar-refractivity contribution in [2.24, 2.45) is 0 Å². The molecule has 0 aliphatic heterocycles. The van der Waals surface area contributed by atoms with Crippen LogP contribution in [0.5, 0.6) is 5.75 Å². The Hall–Kier alpha value is -2.60. The second-order valence-corrected chi connectivity index (χ2v) is 4.66. The lowest BCUT2D eigenvalue weighted by Crippen LogP contribution is -2.06. The van der Waals surface area contributed by atoms with Crippen LogP contribution in [-0.4, -0.2) is 15.0 Å². The maximum atomic E-state index is 12.4. The Bertz CT molecular complexity index is 933. The van der Waals surface area contributed by atoms with Gasteiger partial charge in [0.25, 0.3) is 5.69 Å². The number of phenols is 1. The molecular weight excluding hydrogens is 284 g/mol. The van der Waals surface area contributed by atoms with Crippen molar-refractivity contribution in [1.29, 1.82) is 0 Å². The molecule has 0 aliphatic carbocycles. The molecule has 7 heteroatoms. The van der Waals surface area contributed by atoms with E-state index in [2.05, 4.69) is 4.98 Å². The zero-order chi connectivity index (χ0) is 14.4. The molecule has 0 saturated heterocycles. The number of benzene rings is 2. The lowest BCUT2D eigenvalue weighted by molar-refractivity contribution is -0.383. The van der Waals surface area contributed by atoms with Crippen LogP contribution in [0.3, 0.4) is 0 Å². The standard InChI is InChI=1S/C13H7ClN2O4/c14-8-2-4-10(16(19)20)12-11(8)13(18)7-5-6(17)1-3-9(7)15-12/h1-5,17H,(H,15,18). The van der Waals surface area contributed by atoms with E-state index in [1.54, 1.807) is 0 Å². The number of nitro benzene ring substituents is 1. The van der Waals surface area contributed by atoms with Crippen molar-refractivity contribution < 1.29 is 10.0 Å². The molecule has 0 radical (unpaired) electrons. The van der Waals surface area contributed by atoms with E-state index < -0.39 is 10.4 Å². The number of non-ortho nitro benzene ring substituents is 1. The number of aromatic amines is 1. The van der Waals surface area contributed by atoms with Crippen molar-refractivity contribution in [3.8, 4) is 5.75 Å². The van der Waals surface area contributed by atoms with Crippen LogP contribution in [-0.2, 0) is 0 Å². The minimum atomic E-state index is -0.582. The first-order chi connectivity index (χ1) is 9.49. The smallest absolute Gasteiger partial charge is 0.293 e. The highest BCUT2D eigenvalue weighted by Crippen LogP contribution is 2.29. The Balaban J connectivity index is 2.62. The van der Waals surface area contributed by atoms with E-state index in [0.29, 0.717) is 5.52 Å². The number of hydrogen-bond donors (Lipinski definition) is 2. The van der Waals surface area contributed by atoms with E-state index in [4.69, 9.17) is 11.6 Å². The number of pyridine rings is 1. The molecule has 3 rings (SSSR count). The summed E-state index contributed by atoms with van der Waals surface area (Å²) in [6.07, 6.45) is 0. The lowest BCUT2D eigenvalue weighted by Gasteiger charge is -2.05. The number of nitrogens with one attached hydrogen (secondary N) is 1. The summed E-state index contributed by atoms with van der Waals surface area (Å²) in [5.74, 6) is -0.0658. The van der Waals surface area contributed by atoms with Crippen molar-refractivity contribution in [2.75, 3.05) is 0 Å². The Morgan fingerprint density at radius 1 is 1.25 bits per heavy atom. The van der Waals surface area contributed by atoms with Gasteiger partial charge in [0, 0.05) is 11.5 Å². The highest BCUT2D eigenvalue weighted by atomic mass is 35.5. The molecule has 100 valence electrons. The van der Waals surface area contributed by atoms with Crippen LogP contribution in [0.4, 0.5) is 5.69 Å². The van der Waals surface area contributed by atoms with Crippen LogP contribution in [0.1, 0.15) is 0 Å². The van der Waals surface area contributed by atoms with Gasteiger partial charge in [-0.3, -0.25) is 14.9 Å². The fraction of sp³-hybridized carbons (Fsp3) is 0. The van der Waals surface area contributed by atoms with E-state index >= 15 is 0 Å². The largest absolute Gasteiger partial charge is 0.508 e. The molecule has 20 heavy (non-hydrogen) atoms. The first-order valence-electron chi connectivity index (χ1n) is 5.60. The molecule has 1 aromatic heterocycles. The van der Waals surface area contributed by atoms with Crippen LogP contribution >= 0.6 is 11.6 Å². The summed E-state index contributed by atoms with van der Waals surface area (Å²) in [5, 5.41) is 20.9. The number of hydrogen-bond acceptors (Lipinski definition) is 4. The highest BCUT2D eigenvalue weighted by molar-refractivity contribution is 6.36. The molecule has 2 N–H and O–H groups in total. The third-order valence-electron chi connectivity index (χ3n) is 3.06. The summed E-state index contributed by atoms with van der Waals surface area (Å²) in [6.45, 7) is 0. The highest BCUT2D eigenvalue weighted by Gasteiger charge is 2.18. The van der Waals surface area contributed by atoms with Crippen molar-refractivity contribution in [2.45, 2.75) is 0 Å². The summed E-state index contributed by atoms with van der Waals surface area (Å²) in [4.78, 5) is 25.7. The topological polar surface area (TPSA) is 96.2 Å². The Morgan fingerprint density at radius 2 is 2.00 bits per heavy atom. The number of aromatic nitrogens is 1. The van der Waals surface area contributed by atoms with Gasteiger partial charge in [-0.05, 0) is 24.3 Å². The van der Waals surface area contributed by atoms with Crippen molar-refractivity contribution >= 4 is 39.1 Å². The number of fused-ring (bicyclic) bond motifs is 2. The van der Waals surface area contributed by atoms with Gasteiger partial charge in [-0.25, -0.2) is 0 Å². The van der Waals surface area contributed by atoms with Gasteiger partial charge in [-0.1, -0.05) is 11.6 Å². The molecule has 0 saturated carbocycles. The number of rotatable bonds is 1. The van der Waals surface area contributed by atoms with Crippen LogP contribution < -0.4 is 5.43 Å². The zero-order valence-electron chi connectivity index (χ0n) is 9.88. The number of nitro groups is 1. The number of phenolic OH excluding ortho intramolecular Hbond substituents is 1. The minimum absolute atomic E-state index is 0.0407. The van der Waals surface area contributed by atoms with Gasteiger partial charge in [0.1, 0.15) is 11.3 Å². The van der Waals surface area contributed by atoms with Crippen molar-refractivity contribution in [3.05, 3.63) is 55.7 Å². The molecule has 1 heterocycles. The summed E-state index contributed by atoms with van der Waals surface area (Å²) >= 11 is 5.97.